The molecule has 2 aromatic rings. The van der Waals surface area contributed by atoms with E-state index in [0.717, 1.165) is 18.4 Å². The first kappa shape index (κ1) is 26.4. The maximum absolute atomic E-state index is 12.3. The zero-order valence-electron chi connectivity index (χ0n) is 19.4. The van der Waals surface area contributed by atoms with Crippen LogP contribution in [0.25, 0.3) is 0 Å². The van der Waals surface area contributed by atoms with Gasteiger partial charge in [0.2, 0.25) is 0 Å². The number of halogens is 1. The van der Waals surface area contributed by atoms with Crippen LogP contribution in [-0.4, -0.2) is 56.9 Å². The molecule has 3 rings (SSSR count). The average molecular weight is 594 g/mol. The van der Waals surface area contributed by atoms with Crippen LogP contribution >= 0.6 is 22.6 Å². The molecule has 186 valence electrons. The molecule has 1 heterocycles. The van der Waals surface area contributed by atoms with Gasteiger partial charge in [0.05, 0.1) is 23.0 Å². The Kier molecular flexibility index (Phi) is 9.85. The normalized spacial score (nSPS) is 15.0. The molecule has 0 bridgehead atoms. The summed E-state index contributed by atoms with van der Waals surface area (Å²) < 4.78 is 17.2. The summed E-state index contributed by atoms with van der Waals surface area (Å²) >= 11 is 2.05. The summed E-state index contributed by atoms with van der Waals surface area (Å²) in [5, 5.41) is 9.15. The van der Waals surface area contributed by atoms with Crippen LogP contribution in [0.15, 0.2) is 41.5 Å². The second-order valence-corrected chi connectivity index (χ2v) is 8.95. The number of methoxy groups -OCH3 is 1. The van der Waals surface area contributed by atoms with Crippen molar-refractivity contribution in [3.63, 3.8) is 0 Å². The molecule has 35 heavy (non-hydrogen) atoms. The van der Waals surface area contributed by atoms with Gasteiger partial charge in [0.25, 0.3) is 5.91 Å². The Morgan fingerprint density at radius 3 is 2.77 bits per heavy atom. The van der Waals surface area contributed by atoms with Crippen molar-refractivity contribution in [3.8, 4) is 11.5 Å². The minimum atomic E-state index is -0.875. The lowest BCUT2D eigenvalue weighted by Gasteiger charge is -2.13. The Hall–Kier alpha value is -3.19. The molecule has 0 spiro atoms. The lowest BCUT2D eigenvalue weighted by molar-refractivity contribution is -0.139. The molecule has 0 unspecified atom stereocenters. The number of hydrazone groups is 1. The quantitative estimate of drug-likeness (QED) is 0.177. The lowest BCUT2D eigenvalue weighted by atomic mass is 10.2. The number of carbonyl (C=O) groups is 3. The number of hydrogen-bond acceptors (Lipinski definition) is 7. The first-order valence-electron chi connectivity index (χ1n) is 11.0. The summed E-state index contributed by atoms with van der Waals surface area (Å²) in [5.41, 5.74) is 4.52. The third kappa shape index (κ3) is 8.21. The highest BCUT2D eigenvalue weighted by atomic mass is 127. The van der Waals surface area contributed by atoms with E-state index in [9.17, 15) is 14.4 Å². The van der Waals surface area contributed by atoms with Crippen LogP contribution in [0.2, 0.25) is 0 Å². The Morgan fingerprint density at radius 2 is 2.06 bits per heavy atom. The van der Waals surface area contributed by atoms with E-state index in [-0.39, 0.29) is 25.2 Å². The van der Waals surface area contributed by atoms with E-state index in [4.69, 9.17) is 14.2 Å². The Balaban J connectivity index is 1.53. The van der Waals surface area contributed by atoms with Crippen LogP contribution in [-0.2, 0) is 19.1 Å². The van der Waals surface area contributed by atoms with Crippen LogP contribution in [0, 0.1) is 10.5 Å². The summed E-state index contributed by atoms with van der Waals surface area (Å²) in [5.74, 6) is -1.16. The fourth-order valence-electron chi connectivity index (χ4n) is 3.32. The molecular weight excluding hydrogens is 567 g/mol. The molecule has 0 saturated carbocycles. The molecular formula is C24H27IN4O6. The molecule has 1 saturated heterocycles. The van der Waals surface area contributed by atoms with Gasteiger partial charge in [0.1, 0.15) is 0 Å². The third-order valence-corrected chi connectivity index (χ3v) is 5.80. The van der Waals surface area contributed by atoms with Gasteiger partial charge in [-0.1, -0.05) is 12.1 Å². The number of nitrogens with one attached hydrogen (secondary N) is 3. The number of anilines is 1. The van der Waals surface area contributed by atoms with Gasteiger partial charge in [-0.15, -0.1) is 0 Å². The van der Waals surface area contributed by atoms with Crippen molar-refractivity contribution in [2.45, 2.75) is 25.9 Å². The van der Waals surface area contributed by atoms with Crippen molar-refractivity contribution in [3.05, 3.63) is 51.1 Å². The minimum absolute atomic E-state index is 0.0564. The van der Waals surface area contributed by atoms with E-state index in [1.54, 1.807) is 18.2 Å². The molecule has 0 aromatic heterocycles. The van der Waals surface area contributed by atoms with Crippen molar-refractivity contribution >= 4 is 52.2 Å². The van der Waals surface area contributed by atoms with E-state index >= 15 is 0 Å². The standard InChI is InChI=1S/C24H27IN4O6/c1-15-5-3-6-17(9-15)28-21(30)14-35-22-19(25)10-16(11-20(22)33-2)12-27-29-24(32)23(31)26-13-18-7-4-8-34-18/h3,5-6,9-12,18H,4,7-8,13-14H2,1-2H3,(H,26,31)(H,28,30)(H,29,32)/b27-12-/t18-/m0/s1. The number of nitrogens with zero attached hydrogens (tertiary/aromatic N) is 1. The summed E-state index contributed by atoms with van der Waals surface area (Å²) in [4.78, 5) is 36.1. The molecule has 3 N–H and O–H groups in total. The number of amides is 3. The van der Waals surface area contributed by atoms with Gasteiger partial charge in [0, 0.05) is 18.8 Å². The first-order valence-corrected chi connectivity index (χ1v) is 12.0. The smallest absolute Gasteiger partial charge is 0.329 e. The summed E-state index contributed by atoms with van der Waals surface area (Å²) in [6, 6.07) is 10.8. The largest absolute Gasteiger partial charge is 0.493 e. The molecule has 11 heteroatoms. The number of rotatable bonds is 9. The molecule has 1 aliphatic heterocycles. The van der Waals surface area contributed by atoms with Crippen LogP contribution in [0.4, 0.5) is 5.69 Å². The average Bonchev–Trinajstić information content (AvgIpc) is 3.35. The monoisotopic (exact) mass is 594 g/mol. The Labute approximate surface area is 216 Å². The fraction of sp³-hybridized carbons (Fsp3) is 0.333. The van der Waals surface area contributed by atoms with Crippen molar-refractivity contribution in [1.29, 1.82) is 0 Å². The van der Waals surface area contributed by atoms with Crippen LogP contribution in [0.1, 0.15) is 24.0 Å². The molecule has 2 aromatic carbocycles. The number of aryl methyl sites for hydroxylation is 1. The number of carbonyl (C=O) groups excluding carboxylic acids is 3. The van der Waals surface area contributed by atoms with E-state index < -0.39 is 11.8 Å². The molecule has 0 aliphatic carbocycles. The van der Waals surface area contributed by atoms with Gasteiger partial charge in [-0.3, -0.25) is 14.4 Å². The number of benzene rings is 2. The van der Waals surface area contributed by atoms with Gasteiger partial charge >= 0.3 is 11.8 Å². The van der Waals surface area contributed by atoms with Gasteiger partial charge in [0.15, 0.2) is 18.1 Å². The predicted molar refractivity (Wildman–Crippen MR) is 139 cm³/mol. The topological polar surface area (TPSA) is 127 Å². The third-order valence-electron chi connectivity index (χ3n) is 5.00. The molecule has 1 atom stereocenters. The number of ether oxygens (including phenoxy) is 3. The van der Waals surface area contributed by atoms with Crippen LogP contribution < -0.4 is 25.5 Å². The van der Waals surface area contributed by atoms with E-state index in [0.29, 0.717) is 32.9 Å². The SMILES string of the molecule is COc1cc(/C=N\NC(=O)C(=O)NC[C@@H]2CCCO2)cc(I)c1OCC(=O)Nc1cccc(C)c1. The minimum Gasteiger partial charge on any atom is -0.493 e. The van der Waals surface area contributed by atoms with Gasteiger partial charge in [-0.25, -0.2) is 5.43 Å². The predicted octanol–water partition coefficient (Wildman–Crippen LogP) is 2.37. The zero-order valence-corrected chi connectivity index (χ0v) is 21.6. The van der Waals surface area contributed by atoms with Crippen molar-refractivity contribution < 1.29 is 28.6 Å². The molecule has 10 nitrogen and oxygen atoms in total. The van der Waals surface area contributed by atoms with Gasteiger partial charge in [-0.2, -0.15) is 5.10 Å². The Morgan fingerprint density at radius 1 is 1.23 bits per heavy atom. The van der Waals surface area contributed by atoms with Crippen molar-refractivity contribution in [1.82, 2.24) is 10.7 Å². The molecule has 1 aliphatic rings. The zero-order chi connectivity index (χ0) is 25.2. The molecule has 3 amide bonds. The molecule has 0 radical (unpaired) electrons. The van der Waals surface area contributed by atoms with Crippen LogP contribution in [0.5, 0.6) is 11.5 Å². The van der Waals surface area contributed by atoms with Gasteiger partial charge in [-0.05, 0) is 77.7 Å². The van der Waals surface area contributed by atoms with Gasteiger partial charge < -0.3 is 24.8 Å². The maximum Gasteiger partial charge on any atom is 0.329 e. The summed E-state index contributed by atoms with van der Waals surface area (Å²) in [6.07, 6.45) is 3.13. The number of hydrogen-bond donors (Lipinski definition) is 3. The highest BCUT2D eigenvalue weighted by Crippen LogP contribution is 2.33. The highest BCUT2D eigenvalue weighted by molar-refractivity contribution is 14.1. The van der Waals surface area contributed by atoms with E-state index in [1.165, 1.54) is 13.3 Å². The van der Waals surface area contributed by atoms with Crippen LogP contribution in [0.3, 0.4) is 0 Å². The first-order chi connectivity index (χ1) is 16.9. The summed E-state index contributed by atoms with van der Waals surface area (Å²) in [7, 11) is 1.48. The Bertz CT molecular complexity index is 1100. The lowest BCUT2D eigenvalue weighted by Crippen LogP contribution is -2.41. The maximum atomic E-state index is 12.3. The molecule has 1 fully saturated rings. The van der Waals surface area contributed by atoms with E-state index in [1.807, 2.05) is 25.1 Å². The second kappa shape index (κ2) is 13.0. The van der Waals surface area contributed by atoms with Crippen molar-refractivity contribution in [2.24, 2.45) is 5.10 Å². The van der Waals surface area contributed by atoms with E-state index in [2.05, 4.69) is 43.8 Å². The second-order valence-electron chi connectivity index (χ2n) is 7.78. The fourth-order valence-corrected chi connectivity index (χ4v) is 4.10. The highest BCUT2D eigenvalue weighted by Gasteiger charge is 2.19. The van der Waals surface area contributed by atoms with Crippen molar-refractivity contribution in [2.75, 3.05) is 32.2 Å². The summed E-state index contributed by atoms with van der Waals surface area (Å²) in [6.45, 7) is 2.70.